The minimum Gasteiger partial charge on any atom is -0.493 e. The highest BCUT2D eigenvalue weighted by atomic mass is 32.2. The zero-order chi connectivity index (χ0) is 24.7. The largest absolute Gasteiger partial charge is 0.493 e. The highest BCUT2D eigenvalue weighted by molar-refractivity contribution is 7.92. The number of amides is 1. The molecule has 0 aliphatic rings. The van der Waals surface area contributed by atoms with Crippen LogP contribution >= 0.6 is 0 Å². The number of aryl methyl sites for hydroxylation is 1. The number of methoxy groups -OCH3 is 2. The van der Waals surface area contributed by atoms with Crippen LogP contribution in [0.1, 0.15) is 24.1 Å². The van der Waals surface area contributed by atoms with Gasteiger partial charge in [0.25, 0.3) is 15.9 Å². The van der Waals surface area contributed by atoms with Crippen LogP contribution in [-0.4, -0.2) is 35.2 Å². The number of ether oxygens (including phenoxy) is 3. The summed E-state index contributed by atoms with van der Waals surface area (Å²) >= 11 is 0. The third kappa shape index (κ3) is 6.20. The van der Waals surface area contributed by atoms with Gasteiger partial charge in [0.15, 0.2) is 18.1 Å². The number of hydrogen-bond donors (Lipinski definition) is 2. The molecule has 0 aliphatic heterocycles. The van der Waals surface area contributed by atoms with Crippen molar-refractivity contribution in [1.82, 2.24) is 5.32 Å². The normalized spacial score (nSPS) is 11.9. The van der Waals surface area contributed by atoms with Crippen molar-refractivity contribution in [2.75, 3.05) is 25.5 Å². The van der Waals surface area contributed by atoms with Gasteiger partial charge in [0.05, 0.1) is 30.8 Å². The Bertz CT molecular complexity index is 1240. The molecule has 0 aliphatic carbocycles. The van der Waals surface area contributed by atoms with Crippen LogP contribution in [0.3, 0.4) is 0 Å². The summed E-state index contributed by atoms with van der Waals surface area (Å²) in [7, 11) is -0.637. The second kappa shape index (κ2) is 10.9. The van der Waals surface area contributed by atoms with E-state index in [-0.39, 0.29) is 23.5 Å². The fourth-order valence-corrected chi connectivity index (χ4v) is 4.37. The maximum absolute atomic E-state index is 12.6. The molecular weight excluding hydrogens is 456 g/mol. The zero-order valence-electron chi connectivity index (χ0n) is 19.5. The summed E-state index contributed by atoms with van der Waals surface area (Å²) in [6, 6.07) is 18.1. The van der Waals surface area contributed by atoms with Crippen LogP contribution in [0.15, 0.2) is 71.6 Å². The van der Waals surface area contributed by atoms with Crippen molar-refractivity contribution in [2.24, 2.45) is 0 Å². The predicted octanol–water partition coefficient (Wildman–Crippen LogP) is 4.07. The first-order valence-electron chi connectivity index (χ1n) is 10.6. The molecule has 0 saturated heterocycles. The molecule has 34 heavy (non-hydrogen) atoms. The highest BCUT2D eigenvalue weighted by Crippen LogP contribution is 2.30. The molecule has 3 aromatic carbocycles. The summed E-state index contributed by atoms with van der Waals surface area (Å²) in [6.07, 6.45) is 0. The van der Waals surface area contributed by atoms with Crippen LogP contribution in [-0.2, 0) is 14.8 Å². The topological polar surface area (TPSA) is 103 Å². The van der Waals surface area contributed by atoms with Crippen LogP contribution in [0.4, 0.5) is 5.69 Å². The Hall–Kier alpha value is -3.72. The van der Waals surface area contributed by atoms with Crippen LogP contribution in [0.2, 0.25) is 0 Å². The number of benzene rings is 3. The smallest absolute Gasteiger partial charge is 0.261 e. The number of sulfonamides is 1. The van der Waals surface area contributed by atoms with Gasteiger partial charge in [0.2, 0.25) is 0 Å². The minimum atomic E-state index is -3.75. The van der Waals surface area contributed by atoms with E-state index >= 15 is 0 Å². The Morgan fingerprint density at radius 1 is 0.941 bits per heavy atom. The number of carbonyl (C=O) groups is 1. The van der Waals surface area contributed by atoms with Gasteiger partial charge in [-0.3, -0.25) is 9.52 Å². The lowest BCUT2D eigenvalue weighted by Gasteiger charge is -2.17. The highest BCUT2D eigenvalue weighted by Gasteiger charge is 2.16. The van der Waals surface area contributed by atoms with Crippen molar-refractivity contribution in [3.63, 3.8) is 0 Å². The lowest BCUT2D eigenvalue weighted by atomic mass is 10.1. The maximum Gasteiger partial charge on any atom is 0.261 e. The van der Waals surface area contributed by atoms with Gasteiger partial charge in [0, 0.05) is 0 Å². The molecule has 2 N–H and O–H groups in total. The van der Waals surface area contributed by atoms with E-state index < -0.39 is 10.0 Å². The number of carbonyl (C=O) groups excluding carboxylic acids is 1. The van der Waals surface area contributed by atoms with Crippen LogP contribution in [0.5, 0.6) is 17.2 Å². The van der Waals surface area contributed by atoms with E-state index in [1.807, 2.05) is 32.0 Å². The Morgan fingerprint density at radius 3 is 2.26 bits per heavy atom. The fourth-order valence-electron chi connectivity index (χ4n) is 3.24. The third-order valence-electron chi connectivity index (χ3n) is 5.18. The summed E-state index contributed by atoms with van der Waals surface area (Å²) in [4.78, 5) is 12.4. The second-order valence-corrected chi connectivity index (χ2v) is 9.27. The lowest BCUT2D eigenvalue weighted by molar-refractivity contribution is -0.123. The van der Waals surface area contributed by atoms with E-state index in [0.29, 0.717) is 22.9 Å². The Balaban J connectivity index is 1.56. The molecule has 8 nitrogen and oxygen atoms in total. The average Bonchev–Trinajstić information content (AvgIpc) is 2.83. The summed E-state index contributed by atoms with van der Waals surface area (Å²) in [5, 5.41) is 2.86. The standard InChI is InChI=1S/C25H28N2O6S/c1-17-7-5-6-8-22(17)27-34(29,30)21-12-10-20(11-13-21)33-16-25(28)26-18(2)19-9-14-23(31-3)24(15-19)32-4/h5-15,18,27H,16H2,1-4H3,(H,26,28)/t18-/m1/s1. The number of nitrogens with one attached hydrogen (secondary N) is 2. The van der Waals surface area contributed by atoms with Gasteiger partial charge in [-0.05, 0) is 67.4 Å². The fraction of sp³-hybridized carbons (Fsp3) is 0.240. The van der Waals surface area contributed by atoms with Gasteiger partial charge >= 0.3 is 0 Å². The molecule has 9 heteroatoms. The van der Waals surface area contributed by atoms with Crippen molar-refractivity contribution in [3.8, 4) is 17.2 Å². The van der Waals surface area contributed by atoms with Crippen molar-refractivity contribution in [3.05, 3.63) is 77.9 Å². The van der Waals surface area contributed by atoms with E-state index in [2.05, 4.69) is 10.0 Å². The number of para-hydroxylation sites is 1. The molecule has 3 aromatic rings. The molecule has 3 rings (SSSR count). The van der Waals surface area contributed by atoms with Gasteiger partial charge in [-0.2, -0.15) is 0 Å². The quantitative estimate of drug-likeness (QED) is 0.450. The first-order valence-corrected chi connectivity index (χ1v) is 12.0. The number of anilines is 1. The molecule has 180 valence electrons. The monoisotopic (exact) mass is 484 g/mol. The molecular formula is C25H28N2O6S. The number of hydrogen-bond acceptors (Lipinski definition) is 6. The molecule has 0 fully saturated rings. The van der Waals surface area contributed by atoms with Gasteiger partial charge < -0.3 is 19.5 Å². The molecule has 0 aromatic heterocycles. The van der Waals surface area contributed by atoms with E-state index in [1.165, 1.54) is 24.3 Å². The first kappa shape index (κ1) is 24.9. The van der Waals surface area contributed by atoms with E-state index in [1.54, 1.807) is 38.5 Å². The van der Waals surface area contributed by atoms with E-state index in [9.17, 15) is 13.2 Å². The molecule has 0 unspecified atom stereocenters. The molecule has 1 amide bonds. The Kier molecular flexibility index (Phi) is 8.01. The van der Waals surface area contributed by atoms with Crippen LogP contribution in [0, 0.1) is 6.92 Å². The Morgan fingerprint density at radius 2 is 1.62 bits per heavy atom. The molecule has 0 bridgehead atoms. The maximum atomic E-state index is 12.6. The van der Waals surface area contributed by atoms with E-state index in [4.69, 9.17) is 14.2 Å². The van der Waals surface area contributed by atoms with Crippen molar-refractivity contribution in [2.45, 2.75) is 24.8 Å². The van der Waals surface area contributed by atoms with Crippen LogP contribution < -0.4 is 24.2 Å². The molecule has 0 radical (unpaired) electrons. The van der Waals surface area contributed by atoms with Crippen molar-refractivity contribution < 1.29 is 27.4 Å². The van der Waals surface area contributed by atoms with Gasteiger partial charge in [0.1, 0.15) is 5.75 Å². The zero-order valence-corrected chi connectivity index (χ0v) is 20.3. The van der Waals surface area contributed by atoms with Crippen LogP contribution in [0.25, 0.3) is 0 Å². The van der Waals surface area contributed by atoms with Crippen molar-refractivity contribution in [1.29, 1.82) is 0 Å². The van der Waals surface area contributed by atoms with Gasteiger partial charge in [-0.1, -0.05) is 24.3 Å². The summed E-state index contributed by atoms with van der Waals surface area (Å²) in [5.41, 5.74) is 2.18. The predicted molar refractivity (Wildman–Crippen MR) is 130 cm³/mol. The average molecular weight is 485 g/mol. The minimum absolute atomic E-state index is 0.0922. The van der Waals surface area contributed by atoms with Gasteiger partial charge in [-0.15, -0.1) is 0 Å². The summed E-state index contributed by atoms with van der Waals surface area (Å²) < 4.78 is 43.9. The first-order chi connectivity index (χ1) is 16.2. The summed E-state index contributed by atoms with van der Waals surface area (Å²) in [5.74, 6) is 1.24. The SMILES string of the molecule is COc1ccc([C@@H](C)NC(=O)COc2ccc(S(=O)(=O)Nc3ccccc3C)cc2)cc1OC. The molecule has 0 heterocycles. The number of rotatable bonds is 10. The molecule has 0 saturated carbocycles. The second-order valence-electron chi connectivity index (χ2n) is 7.58. The molecule has 0 spiro atoms. The Labute approximate surface area is 199 Å². The van der Waals surface area contributed by atoms with Crippen molar-refractivity contribution >= 4 is 21.6 Å². The molecule has 1 atom stereocenters. The van der Waals surface area contributed by atoms with E-state index in [0.717, 1.165) is 11.1 Å². The lowest BCUT2D eigenvalue weighted by Crippen LogP contribution is -2.31. The van der Waals surface area contributed by atoms with Gasteiger partial charge in [-0.25, -0.2) is 8.42 Å². The third-order valence-corrected chi connectivity index (χ3v) is 6.56. The summed E-state index contributed by atoms with van der Waals surface area (Å²) in [6.45, 7) is 3.46.